The van der Waals surface area contributed by atoms with Gasteiger partial charge in [0.15, 0.2) is 27.2 Å². The molecule has 2 aliphatic heterocycles. The number of fused-ring (bicyclic) bond motifs is 3. The summed E-state index contributed by atoms with van der Waals surface area (Å²) in [7, 11) is -0.0405. The SMILES string of the molecule is COc1cccc(C2OC(CC(=O)N3CCS(=O)(=O)CC3)c3nnc(C(C)(C)CN)n3-c3ccc(Cl)cc32)c1OC. The van der Waals surface area contributed by atoms with Gasteiger partial charge in [-0.3, -0.25) is 9.36 Å². The summed E-state index contributed by atoms with van der Waals surface area (Å²) < 4.78 is 44.0. The smallest absolute Gasteiger partial charge is 0.225 e. The number of hydrogen-bond donors (Lipinski definition) is 1. The molecule has 0 radical (unpaired) electrons. The molecule has 2 unspecified atom stereocenters. The van der Waals surface area contributed by atoms with E-state index >= 15 is 0 Å². The molecule has 220 valence electrons. The van der Waals surface area contributed by atoms with E-state index < -0.39 is 27.5 Å². The van der Waals surface area contributed by atoms with Crippen LogP contribution in [-0.4, -0.2) is 79.3 Å². The lowest BCUT2D eigenvalue weighted by molar-refractivity contribution is -0.135. The second kappa shape index (κ2) is 11.2. The van der Waals surface area contributed by atoms with Crippen molar-refractivity contribution in [3.05, 3.63) is 64.2 Å². The van der Waals surface area contributed by atoms with Crippen LogP contribution in [0.15, 0.2) is 36.4 Å². The van der Waals surface area contributed by atoms with Crippen molar-refractivity contribution in [1.82, 2.24) is 19.7 Å². The van der Waals surface area contributed by atoms with E-state index in [-0.39, 0.29) is 36.9 Å². The van der Waals surface area contributed by atoms with E-state index in [0.717, 1.165) is 11.3 Å². The number of amides is 1. The van der Waals surface area contributed by atoms with Gasteiger partial charge >= 0.3 is 0 Å². The van der Waals surface area contributed by atoms with E-state index in [1.165, 1.54) is 0 Å². The van der Waals surface area contributed by atoms with Gasteiger partial charge in [0.2, 0.25) is 5.91 Å². The topological polar surface area (TPSA) is 139 Å². The molecule has 2 aromatic carbocycles. The molecule has 13 heteroatoms. The number of hydrogen-bond acceptors (Lipinski definition) is 9. The van der Waals surface area contributed by atoms with Crippen LogP contribution >= 0.6 is 11.6 Å². The molecule has 3 aromatic rings. The fourth-order valence-electron chi connectivity index (χ4n) is 5.26. The monoisotopic (exact) mass is 603 g/mol. The van der Waals surface area contributed by atoms with Crippen molar-refractivity contribution in [2.24, 2.45) is 5.73 Å². The minimum atomic E-state index is -3.15. The standard InChI is InChI=1S/C28H34ClN5O6S/c1-28(2,16-30)27-32-31-26-22(15-23(35)33-10-12-41(36,37)13-11-33)40-24(18-6-5-7-21(38-3)25(18)39-4)19-14-17(29)8-9-20(19)34(26)27/h5-9,14,22,24H,10-13,15-16,30H2,1-4H3. The lowest BCUT2D eigenvalue weighted by Gasteiger charge is -2.29. The largest absolute Gasteiger partial charge is 0.493 e. The second-order valence-electron chi connectivity index (χ2n) is 10.8. The quantitative estimate of drug-likeness (QED) is 0.432. The molecule has 2 atom stereocenters. The van der Waals surface area contributed by atoms with Gasteiger partial charge in [0.25, 0.3) is 0 Å². The van der Waals surface area contributed by atoms with Gasteiger partial charge in [-0.2, -0.15) is 0 Å². The van der Waals surface area contributed by atoms with Crippen molar-refractivity contribution >= 4 is 27.3 Å². The number of benzene rings is 2. The zero-order chi connectivity index (χ0) is 29.5. The molecular weight excluding hydrogens is 570 g/mol. The predicted molar refractivity (Wildman–Crippen MR) is 154 cm³/mol. The van der Waals surface area contributed by atoms with E-state index in [9.17, 15) is 13.2 Å². The van der Waals surface area contributed by atoms with Crippen molar-refractivity contribution in [3.63, 3.8) is 0 Å². The molecule has 2 aliphatic rings. The first-order valence-corrected chi connectivity index (χ1v) is 15.5. The second-order valence-corrected chi connectivity index (χ2v) is 13.6. The lowest BCUT2D eigenvalue weighted by Crippen LogP contribution is -2.44. The highest BCUT2D eigenvalue weighted by Gasteiger charge is 2.40. The van der Waals surface area contributed by atoms with Gasteiger partial charge in [-0.25, -0.2) is 8.42 Å². The third-order valence-electron chi connectivity index (χ3n) is 7.68. The molecule has 2 N–H and O–H groups in total. The number of rotatable bonds is 7. The number of carbonyl (C=O) groups is 1. The number of sulfone groups is 1. The molecule has 0 saturated carbocycles. The fourth-order valence-corrected chi connectivity index (χ4v) is 6.64. The highest BCUT2D eigenvalue weighted by molar-refractivity contribution is 7.91. The molecule has 11 nitrogen and oxygen atoms in total. The molecule has 1 saturated heterocycles. The first-order valence-electron chi connectivity index (χ1n) is 13.3. The summed E-state index contributed by atoms with van der Waals surface area (Å²) in [6, 6.07) is 11.0. The van der Waals surface area contributed by atoms with E-state index in [2.05, 4.69) is 10.2 Å². The molecule has 0 bridgehead atoms. The molecular formula is C28H34ClN5O6S. The van der Waals surface area contributed by atoms with Gasteiger partial charge in [-0.1, -0.05) is 37.6 Å². The molecule has 5 rings (SSSR count). The van der Waals surface area contributed by atoms with Crippen molar-refractivity contribution in [3.8, 4) is 17.2 Å². The Morgan fingerprint density at radius 2 is 1.85 bits per heavy atom. The number of aromatic nitrogens is 3. The Morgan fingerprint density at radius 3 is 2.51 bits per heavy atom. The van der Waals surface area contributed by atoms with Crippen molar-refractivity contribution in [1.29, 1.82) is 0 Å². The van der Waals surface area contributed by atoms with Crippen LogP contribution in [0.5, 0.6) is 11.5 Å². The highest BCUT2D eigenvalue weighted by Crippen LogP contribution is 2.47. The van der Waals surface area contributed by atoms with Crippen LogP contribution in [0.4, 0.5) is 0 Å². The average Bonchev–Trinajstić information content (AvgIpc) is 3.35. The normalized spacial score (nSPS) is 20.1. The minimum absolute atomic E-state index is 0.0666. The number of para-hydroxylation sites is 1. The maximum absolute atomic E-state index is 13.6. The van der Waals surface area contributed by atoms with Gasteiger partial charge in [0.1, 0.15) is 18.0 Å². The molecule has 3 heterocycles. The summed E-state index contributed by atoms with van der Waals surface area (Å²) in [5, 5.41) is 9.56. The summed E-state index contributed by atoms with van der Waals surface area (Å²) in [6.07, 6.45) is -1.65. The van der Waals surface area contributed by atoms with E-state index in [1.807, 2.05) is 42.7 Å². The minimum Gasteiger partial charge on any atom is -0.493 e. The zero-order valence-electron chi connectivity index (χ0n) is 23.5. The average molecular weight is 604 g/mol. The van der Waals surface area contributed by atoms with Crippen LogP contribution in [-0.2, 0) is 24.8 Å². The van der Waals surface area contributed by atoms with Crippen LogP contribution in [0, 0.1) is 0 Å². The zero-order valence-corrected chi connectivity index (χ0v) is 25.0. The molecule has 41 heavy (non-hydrogen) atoms. The summed E-state index contributed by atoms with van der Waals surface area (Å²) >= 11 is 6.54. The number of nitrogens with zero attached hydrogens (tertiary/aromatic N) is 4. The Kier molecular flexibility index (Phi) is 8.03. The van der Waals surface area contributed by atoms with Crippen LogP contribution < -0.4 is 15.2 Å². The predicted octanol–water partition coefficient (Wildman–Crippen LogP) is 2.98. The maximum atomic E-state index is 13.6. The van der Waals surface area contributed by atoms with Gasteiger partial charge in [-0.05, 0) is 24.3 Å². The van der Waals surface area contributed by atoms with E-state index in [1.54, 1.807) is 31.3 Å². The van der Waals surface area contributed by atoms with Crippen LogP contribution in [0.1, 0.15) is 55.3 Å². The van der Waals surface area contributed by atoms with Crippen LogP contribution in [0.2, 0.25) is 5.02 Å². The summed E-state index contributed by atoms with van der Waals surface area (Å²) in [5.41, 5.74) is 7.73. The van der Waals surface area contributed by atoms with Gasteiger partial charge < -0.3 is 24.8 Å². The Balaban J connectivity index is 1.68. The van der Waals surface area contributed by atoms with Crippen LogP contribution in [0.25, 0.3) is 5.69 Å². The van der Waals surface area contributed by atoms with Crippen LogP contribution in [0.3, 0.4) is 0 Å². The summed E-state index contributed by atoms with van der Waals surface area (Å²) in [4.78, 5) is 15.1. The highest BCUT2D eigenvalue weighted by atomic mass is 35.5. The number of carbonyl (C=O) groups excluding carboxylic acids is 1. The molecule has 1 aromatic heterocycles. The Labute approximate surface area is 244 Å². The third-order valence-corrected chi connectivity index (χ3v) is 9.52. The molecule has 0 aliphatic carbocycles. The Morgan fingerprint density at radius 1 is 1.12 bits per heavy atom. The Bertz CT molecular complexity index is 1560. The van der Waals surface area contributed by atoms with E-state index in [0.29, 0.717) is 40.3 Å². The third kappa shape index (κ3) is 5.53. The summed E-state index contributed by atoms with van der Waals surface area (Å²) in [5.74, 6) is 1.69. The van der Waals surface area contributed by atoms with Gasteiger partial charge in [-0.15, -0.1) is 10.2 Å². The molecule has 1 fully saturated rings. The van der Waals surface area contributed by atoms with Crippen molar-refractivity contribution < 1.29 is 27.4 Å². The first kappa shape index (κ1) is 29.3. The number of methoxy groups -OCH3 is 2. The number of ether oxygens (including phenoxy) is 3. The summed E-state index contributed by atoms with van der Waals surface area (Å²) in [6.45, 7) is 4.52. The number of nitrogens with two attached hydrogens (primary N) is 1. The lowest BCUT2D eigenvalue weighted by atomic mass is 9.92. The van der Waals surface area contributed by atoms with Crippen molar-refractivity contribution in [2.75, 3.05) is 45.4 Å². The van der Waals surface area contributed by atoms with Crippen molar-refractivity contribution in [2.45, 2.75) is 37.9 Å². The van der Waals surface area contributed by atoms with E-state index in [4.69, 9.17) is 31.5 Å². The van der Waals surface area contributed by atoms with Gasteiger partial charge in [0, 0.05) is 41.2 Å². The molecule has 1 amide bonds. The fraction of sp³-hybridized carbons (Fsp3) is 0.464. The maximum Gasteiger partial charge on any atom is 0.225 e. The molecule has 0 spiro atoms. The van der Waals surface area contributed by atoms with Gasteiger partial charge in [0.05, 0.1) is 37.8 Å². The first-order chi connectivity index (χ1) is 19.5. The Hall–Kier alpha value is -3.19. The number of halogens is 1.